The summed E-state index contributed by atoms with van der Waals surface area (Å²) in [6, 6.07) is -0.564. The molecule has 0 radical (unpaired) electrons. The van der Waals surface area contributed by atoms with E-state index in [2.05, 4.69) is 4.98 Å². The SMILES string of the molecule is Bc1cncc(C(N)C(F)(F)F)c1. The molecule has 0 spiro atoms. The third-order valence-corrected chi connectivity index (χ3v) is 1.61. The Kier molecular flexibility index (Phi) is 2.61. The molecule has 70 valence electrons. The Bertz CT molecular complexity index is 300. The van der Waals surface area contributed by atoms with Crippen LogP contribution in [-0.4, -0.2) is 19.0 Å². The average Bonchev–Trinajstić information content (AvgIpc) is 2.01. The standard InChI is InChI=1S/C7H8BF3N2/c8-5-1-4(2-13-3-5)6(12)7(9,10)11/h1-3,6H,8,12H2. The summed E-state index contributed by atoms with van der Waals surface area (Å²) in [4.78, 5) is 3.64. The largest absolute Gasteiger partial charge is 0.407 e. The molecule has 0 fully saturated rings. The van der Waals surface area contributed by atoms with Crippen molar-refractivity contribution in [3.05, 3.63) is 24.0 Å². The van der Waals surface area contributed by atoms with Crippen molar-refractivity contribution in [3.8, 4) is 0 Å². The lowest BCUT2D eigenvalue weighted by Gasteiger charge is -2.15. The van der Waals surface area contributed by atoms with Crippen LogP contribution >= 0.6 is 0 Å². The minimum absolute atomic E-state index is 0.00694. The van der Waals surface area contributed by atoms with E-state index in [4.69, 9.17) is 5.73 Å². The minimum atomic E-state index is -4.41. The van der Waals surface area contributed by atoms with Crippen LogP contribution in [0.5, 0.6) is 0 Å². The first-order chi connectivity index (χ1) is 5.91. The van der Waals surface area contributed by atoms with Gasteiger partial charge < -0.3 is 5.73 Å². The zero-order valence-corrected chi connectivity index (χ0v) is 6.97. The van der Waals surface area contributed by atoms with E-state index < -0.39 is 12.2 Å². The molecule has 0 saturated carbocycles. The Morgan fingerprint density at radius 2 is 2.00 bits per heavy atom. The quantitative estimate of drug-likeness (QED) is 0.625. The van der Waals surface area contributed by atoms with Crippen molar-refractivity contribution in [2.24, 2.45) is 5.73 Å². The summed E-state index contributed by atoms with van der Waals surface area (Å²) in [5.41, 5.74) is 5.63. The number of nitrogens with zero attached hydrogens (tertiary/aromatic N) is 1. The predicted octanol–water partition coefficient (Wildman–Crippen LogP) is -0.0979. The second kappa shape index (κ2) is 3.37. The van der Waals surface area contributed by atoms with Crippen LogP contribution in [-0.2, 0) is 0 Å². The van der Waals surface area contributed by atoms with Gasteiger partial charge in [-0.25, -0.2) is 0 Å². The zero-order chi connectivity index (χ0) is 10.1. The fraction of sp³-hybridized carbons (Fsp3) is 0.286. The highest BCUT2D eigenvalue weighted by molar-refractivity contribution is 6.32. The van der Waals surface area contributed by atoms with E-state index in [0.29, 0.717) is 5.46 Å². The summed E-state index contributed by atoms with van der Waals surface area (Å²) in [5.74, 6) is 0. The van der Waals surface area contributed by atoms with Crippen molar-refractivity contribution in [2.75, 3.05) is 0 Å². The molecule has 1 aromatic rings. The molecule has 0 aliphatic heterocycles. The molecule has 1 rings (SSSR count). The van der Waals surface area contributed by atoms with Gasteiger partial charge in [0.1, 0.15) is 13.9 Å². The summed E-state index contributed by atoms with van der Waals surface area (Å²) in [6.07, 6.45) is -1.80. The van der Waals surface area contributed by atoms with Crippen LogP contribution in [0.1, 0.15) is 11.6 Å². The Labute approximate surface area is 74.4 Å². The van der Waals surface area contributed by atoms with Crippen LogP contribution in [0, 0.1) is 0 Å². The van der Waals surface area contributed by atoms with Crippen molar-refractivity contribution in [1.29, 1.82) is 0 Å². The van der Waals surface area contributed by atoms with Gasteiger partial charge in [0.15, 0.2) is 0 Å². The molecule has 0 aliphatic carbocycles. The molecular formula is C7H8BF3N2. The highest BCUT2D eigenvalue weighted by Gasteiger charge is 2.37. The molecule has 0 bridgehead atoms. The zero-order valence-electron chi connectivity index (χ0n) is 6.97. The molecule has 13 heavy (non-hydrogen) atoms. The lowest BCUT2D eigenvalue weighted by molar-refractivity contribution is -0.149. The van der Waals surface area contributed by atoms with Gasteiger partial charge in [-0.15, -0.1) is 0 Å². The van der Waals surface area contributed by atoms with Crippen LogP contribution in [0.15, 0.2) is 18.5 Å². The van der Waals surface area contributed by atoms with Crippen LogP contribution < -0.4 is 11.2 Å². The molecule has 0 aliphatic rings. The number of rotatable bonds is 1. The summed E-state index contributed by atoms with van der Waals surface area (Å²) in [7, 11) is 1.67. The summed E-state index contributed by atoms with van der Waals surface area (Å²) >= 11 is 0. The van der Waals surface area contributed by atoms with Gasteiger partial charge in [-0.2, -0.15) is 13.2 Å². The number of pyridine rings is 1. The van der Waals surface area contributed by atoms with Gasteiger partial charge in [-0.05, 0) is 5.56 Å². The van der Waals surface area contributed by atoms with E-state index >= 15 is 0 Å². The maximum Gasteiger partial charge on any atom is 0.407 e. The molecule has 1 unspecified atom stereocenters. The van der Waals surface area contributed by atoms with Crippen molar-refractivity contribution < 1.29 is 13.2 Å². The maximum absolute atomic E-state index is 12.1. The van der Waals surface area contributed by atoms with Crippen LogP contribution in [0.25, 0.3) is 0 Å². The first-order valence-corrected chi connectivity index (χ1v) is 3.65. The lowest BCUT2D eigenvalue weighted by Crippen LogP contribution is -2.29. The van der Waals surface area contributed by atoms with Crippen LogP contribution in [0.4, 0.5) is 13.2 Å². The Morgan fingerprint density at radius 3 is 2.46 bits per heavy atom. The van der Waals surface area contributed by atoms with E-state index in [1.807, 2.05) is 0 Å². The molecule has 1 atom stereocenters. The van der Waals surface area contributed by atoms with Crippen LogP contribution in [0.3, 0.4) is 0 Å². The average molecular weight is 188 g/mol. The second-order valence-corrected chi connectivity index (χ2v) is 2.81. The normalized spacial score (nSPS) is 14.2. The van der Waals surface area contributed by atoms with Gasteiger partial charge in [0.2, 0.25) is 0 Å². The minimum Gasteiger partial charge on any atom is -0.316 e. The number of hydrogen-bond acceptors (Lipinski definition) is 2. The van der Waals surface area contributed by atoms with Gasteiger partial charge in [0.05, 0.1) is 0 Å². The fourth-order valence-corrected chi connectivity index (χ4v) is 0.937. The molecule has 0 aromatic carbocycles. The highest BCUT2D eigenvalue weighted by Crippen LogP contribution is 2.29. The number of alkyl halides is 3. The van der Waals surface area contributed by atoms with E-state index in [-0.39, 0.29) is 5.56 Å². The summed E-state index contributed by atoms with van der Waals surface area (Å²) < 4.78 is 36.3. The topological polar surface area (TPSA) is 38.9 Å². The van der Waals surface area contributed by atoms with E-state index in [1.54, 1.807) is 7.85 Å². The Morgan fingerprint density at radius 1 is 1.38 bits per heavy atom. The smallest absolute Gasteiger partial charge is 0.316 e. The fourth-order valence-electron chi connectivity index (χ4n) is 0.937. The van der Waals surface area contributed by atoms with Crippen molar-refractivity contribution in [3.63, 3.8) is 0 Å². The molecule has 1 aromatic heterocycles. The third-order valence-electron chi connectivity index (χ3n) is 1.61. The van der Waals surface area contributed by atoms with Crippen LogP contribution in [0.2, 0.25) is 0 Å². The predicted molar refractivity (Wildman–Crippen MR) is 45.4 cm³/mol. The van der Waals surface area contributed by atoms with E-state index in [9.17, 15) is 13.2 Å². The first-order valence-electron chi connectivity index (χ1n) is 3.65. The van der Waals surface area contributed by atoms with E-state index in [1.165, 1.54) is 12.3 Å². The molecule has 0 amide bonds. The number of halogens is 3. The van der Waals surface area contributed by atoms with Crippen molar-refractivity contribution >= 4 is 13.3 Å². The number of nitrogens with two attached hydrogens (primary N) is 1. The second-order valence-electron chi connectivity index (χ2n) is 2.81. The van der Waals surface area contributed by atoms with Gasteiger partial charge in [-0.3, -0.25) is 4.98 Å². The number of hydrogen-bond donors (Lipinski definition) is 1. The molecule has 6 heteroatoms. The van der Waals surface area contributed by atoms with Crippen molar-refractivity contribution in [2.45, 2.75) is 12.2 Å². The highest BCUT2D eigenvalue weighted by atomic mass is 19.4. The molecule has 2 nitrogen and oxygen atoms in total. The van der Waals surface area contributed by atoms with Crippen molar-refractivity contribution in [1.82, 2.24) is 4.98 Å². The molecule has 2 N–H and O–H groups in total. The molecular weight excluding hydrogens is 180 g/mol. The van der Waals surface area contributed by atoms with Gasteiger partial charge in [-0.1, -0.05) is 11.5 Å². The summed E-state index contributed by atoms with van der Waals surface area (Å²) in [6.45, 7) is 0. The third kappa shape index (κ3) is 2.45. The molecule has 0 saturated heterocycles. The lowest BCUT2D eigenvalue weighted by atomic mass is 9.95. The molecule has 1 heterocycles. The summed E-state index contributed by atoms with van der Waals surface area (Å²) in [5, 5.41) is 0. The van der Waals surface area contributed by atoms with Gasteiger partial charge in [0, 0.05) is 12.4 Å². The number of aromatic nitrogens is 1. The van der Waals surface area contributed by atoms with E-state index in [0.717, 1.165) is 6.20 Å². The first kappa shape index (κ1) is 10.0. The van der Waals surface area contributed by atoms with Gasteiger partial charge in [0.25, 0.3) is 0 Å². The maximum atomic E-state index is 12.1. The van der Waals surface area contributed by atoms with Gasteiger partial charge >= 0.3 is 6.18 Å². The Balaban J connectivity index is 2.96. The monoisotopic (exact) mass is 188 g/mol. The Hall–Kier alpha value is -1.04.